The van der Waals surface area contributed by atoms with Crippen molar-refractivity contribution in [3.8, 4) is 17.2 Å². The lowest BCUT2D eigenvalue weighted by Gasteiger charge is -2.21. The first kappa shape index (κ1) is 23.4. The number of amides is 2. The molecule has 1 fully saturated rings. The van der Waals surface area contributed by atoms with Gasteiger partial charge in [0.1, 0.15) is 17.2 Å². The van der Waals surface area contributed by atoms with E-state index in [-0.39, 0.29) is 23.7 Å². The van der Waals surface area contributed by atoms with E-state index in [2.05, 4.69) is 19.2 Å². The number of ether oxygens (including phenoxy) is 3. The van der Waals surface area contributed by atoms with Gasteiger partial charge in [-0.15, -0.1) is 0 Å². The standard InChI is InChI=1S/C25H32N2O5/c1-16(2)13-26-24(28)22-15-27(25(29)17-7-6-8-18(11-17)30-3)14-21(22)20-10-9-19(31-4)12-23(20)32-5/h6-12,16,21-22H,13-15H2,1-5H3,(H,26,28). The molecule has 172 valence electrons. The average Bonchev–Trinajstić information content (AvgIpc) is 3.26. The van der Waals surface area contributed by atoms with Crippen molar-refractivity contribution >= 4 is 11.8 Å². The summed E-state index contributed by atoms with van der Waals surface area (Å²) in [6, 6.07) is 12.7. The number of nitrogens with one attached hydrogen (secondary N) is 1. The Morgan fingerprint density at radius 2 is 1.72 bits per heavy atom. The molecule has 1 aliphatic heterocycles. The van der Waals surface area contributed by atoms with Gasteiger partial charge in [0, 0.05) is 42.7 Å². The van der Waals surface area contributed by atoms with Crippen LogP contribution < -0.4 is 19.5 Å². The molecule has 2 aromatic rings. The van der Waals surface area contributed by atoms with E-state index in [0.717, 1.165) is 5.56 Å². The predicted octanol–water partition coefficient (Wildman–Crippen LogP) is 3.34. The molecule has 2 atom stereocenters. The van der Waals surface area contributed by atoms with Crippen molar-refractivity contribution in [2.45, 2.75) is 19.8 Å². The smallest absolute Gasteiger partial charge is 0.254 e. The van der Waals surface area contributed by atoms with Gasteiger partial charge in [-0.05, 0) is 30.2 Å². The number of benzene rings is 2. The molecule has 32 heavy (non-hydrogen) atoms. The van der Waals surface area contributed by atoms with Crippen molar-refractivity contribution in [1.29, 1.82) is 0 Å². The zero-order valence-corrected chi connectivity index (χ0v) is 19.4. The molecule has 0 aromatic heterocycles. The lowest BCUT2D eigenvalue weighted by Crippen LogP contribution is -2.37. The second-order valence-electron chi connectivity index (χ2n) is 8.40. The third-order valence-electron chi connectivity index (χ3n) is 5.79. The van der Waals surface area contributed by atoms with Crippen molar-refractivity contribution in [3.63, 3.8) is 0 Å². The van der Waals surface area contributed by atoms with Crippen molar-refractivity contribution in [2.24, 2.45) is 11.8 Å². The SMILES string of the molecule is COc1cccc(C(=O)N2CC(C(=O)NCC(C)C)C(c3ccc(OC)cc3OC)C2)c1. The Balaban J connectivity index is 1.92. The van der Waals surface area contributed by atoms with Gasteiger partial charge >= 0.3 is 0 Å². The molecule has 0 bridgehead atoms. The summed E-state index contributed by atoms with van der Waals surface area (Å²) in [6.07, 6.45) is 0. The second kappa shape index (κ2) is 10.4. The van der Waals surface area contributed by atoms with E-state index in [0.29, 0.717) is 48.4 Å². The van der Waals surface area contributed by atoms with Crippen LogP contribution in [0.1, 0.15) is 35.7 Å². The van der Waals surface area contributed by atoms with Crippen LogP contribution in [0.5, 0.6) is 17.2 Å². The van der Waals surface area contributed by atoms with Gasteiger partial charge in [-0.25, -0.2) is 0 Å². The summed E-state index contributed by atoms with van der Waals surface area (Å²) >= 11 is 0. The molecule has 2 unspecified atom stereocenters. The van der Waals surface area contributed by atoms with Crippen LogP contribution in [0, 0.1) is 11.8 Å². The minimum Gasteiger partial charge on any atom is -0.497 e. The molecule has 0 spiro atoms. The van der Waals surface area contributed by atoms with Gasteiger partial charge in [0.05, 0.1) is 27.2 Å². The molecule has 7 nitrogen and oxygen atoms in total. The maximum absolute atomic E-state index is 13.3. The Morgan fingerprint density at radius 1 is 1.00 bits per heavy atom. The number of hydrogen-bond donors (Lipinski definition) is 1. The molecular weight excluding hydrogens is 408 g/mol. The Bertz CT molecular complexity index is 959. The fourth-order valence-corrected chi connectivity index (χ4v) is 4.05. The highest BCUT2D eigenvalue weighted by atomic mass is 16.5. The molecule has 1 aliphatic rings. The fourth-order valence-electron chi connectivity index (χ4n) is 4.05. The summed E-state index contributed by atoms with van der Waals surface area (Å²) < 4.78 is 16.2. The largest absolute Gasteiger partial charge is 0.497 e. The van der Waals surface area contributed by atoms with Gasteiger partial charge in [-0.1, -0.05) is 26.0 Å². The summed E-state index contributed by atoms with van der Waals surface area (Å²) in [5.41, 5.74) is 1.42. The second-order valence-corrected chi connectivity index (χ2v) is 8.40. The summed E-state index contributed by atoms with van der Waals surface area (Å²) in [5.74, 6) is 1.52. The van der Waals surface area contributed by atoms with Crippen LogP contribution >= 0.6 is 0 Å². The molecule has 2 aromatic carbocycles. The van der Waals surface area contributed by atoms with Gasteiger partial charge in [-0.2, -0.15) is 0 Å². The van der Waals surface area contributed by atoms with E-state index in [1.807, 2.05) is 18.2 Å². The van der Waals surface area contributed by atoms with Crippen LogP contribution in [0.15, 0.2) is 42.5 Å². The quantitative estimate of drug-likeness (QED) is 0.681. The molecule has 7 heteroatoms. The first-order valence-corrected chi connectivity index (χ1v) is 10.8. The molecule has 1 saturated heterocycles. The highest BCUT2D eigenvalue weighted by Gasteiger charge is 2.41. The van der Waals surface area contributed by atoms with Crippen LogP contribution in [0.4, 0.5) is 0 Å². The van der Waals surface area contributed by atoms with Crippen LogP contribution in [-0.2, 0) is 4.79 Å². The monoisotopic (exact) mass is 440 g/mol. The summed E-state index contributed by atoms with van der Waals surface area (Å²) in [4.78, 5) is 28.1. The van der Waals surface area contributed by atoms with Crippen molar-refractivity contribution in [1.82, 2.24) is 10.2 Å². The fraction of sp³-hybridized carbons (Fsp3) is 0.440. The molecule has 3 rings (SSSR count). The summed E-state index contributed by atoms with van der Waals surface area (Å²) in [6.45, 7) is 5.44. The average molecular weight is 441 g/mol. The number of nitrogens with zero attached hydrogens (tertiary/aromatic N) is 1. The maximum atomic E-state index is 13.3. The lowest BCUT2D eigenvalue weighted by atomic mass is 9.87. The summed E-state index contributed by atoms with van der Waals surface area (Å²) in [7, 11) is 4.77. The predicted molar refractivity (Wildman–Crippen MR) is 123 cm³/mol. The Hall–Kier alpha value is -3.22. The molecule has 1 heterocycles. The van der Waals surface area contributed by atoms with Gasteiger partial charge < -0.3 is 24.4 Å². The number of carbonyl (C=O) groups is 2. The van der Waals surface area contributed by atoms with E-state index < -0.39 is 0 Å². The van der Waals surface area contributed by atoms with Gasteiger partial charge in [0.15, 0.2) is 0 Å². The lowest BCUT2D eigenvalue weighted by molar-refractivity contribution is -0.125. The number of hydrogen-bond acceptors (Lipinski definition) is 5. The zero-order valence-electron chi connectivity index (χ0n) is 19.4. The topological polar surface area (TPSA) is 77.1 Å². The Kier molecular flexibility index (Phi) is 7.62. The molecular formula is C25H32N2O5. The van der Waals surface area contributed by atoms with Crippen molar-refractivity contribution in [3.05, 3.63) is 53.6 Å². The van der Waals surface area contributed by atoms with Crippen LogP contribution in [0.2, 0.25) is 0 Å². The highest BCUT2D eigenvalue weighted by Crippen LogP contribution is 2.39. The maximum Gasteiger partial charge on any atom is 0.254 e. The summed E-state index contributed by atoms with van der Waals surface area (Å²) in [5, 5.41) is 3.04. The number of likely N-dealkylation sites (tertiary alicyclic amines) is 1. The van der Waals surface area contributed by atoms with E-state index in [4.69, 9.17) is 14.2 Å². The first-order chi connectivity index (χ1) is 15.4. The van der Waals surface area contributed by atoms with Gasteiger partial charge in [0.2, 0.25) is 5.91 Å². The van der Waals surface area contributed by atoms with E-state index in [1.165, 1.54) is 0 Å². The molecule has 0 aliphatic carbocycles. The third-order valence-corrected chi connectivity index (χ3v) is 5.79. The van der Waals surface area contributed by atoms with E-state index in [9.17, 15) is 9.59 Å². The van der Waals surface area contributed by atoms with Crippen molar-refractivity contribution < 1.29 is 23.8 Å². The van der Waals surface area contributed by atoms with Gasteiger partial charge in [-0.3, -0.25) is 9.59 Å². The zero-order chi connectivity index (χ0) is 23.3. The minimum atomic E-state index is -0.384. The number of carbonyl (C=O) groups excluding carboxylic acids is 2. The van der Waals surface area contributed by atoms with E-state index in [1.54, 1.807) is 50.5 Å². The van der Waals surface area contributed by atoms with Crippen molar-refractivity contribution in [2.75, 3.05) is 41.0 Å². The molecule has 2 amide bonds. The van der Waals surface area contributed by atoms with E-state index >= 15 is 0 Å². The van der Waals surface area contributed by atoms with Crippen LogP contribution in [0.3, 0.4) is 0 Å². The molecule has 1 N–H and O–H groups in total. The minimum absolute atomic E-state index is 0.0532. The Labute approximate surface area is 189 Å². The van der Waals surface area contributed by atoms with Crippen LogP contribution in [-0.4, -0.2) is 57.7 Å². The molecule has 0 radical (unpaired) electrons. The first-order valence-electron chi connectivity index (χ1n) is 10.8. The Morgan fingerprint density at radius 3 is 2.38 bits per heavy atom. The highest BCUT2D eigenvalue weighted by molar-refractivity contribution is 5.95. The number of methoxy groups -OCH3 is 3. The number of rotatable bonds is 8. The van der Waals surface area contributed by atoms with Gasteiger partial charge in [0.25, 0.3) is 5.91 Å². The third kappa shape index (κ3) is 5.15. The van der Waals surface area contributed by atoms with Crippen LogP contribution in [0.25, 0.3) is 0 Å². The normalized spacial score (nSPS) is 17.9. The molecule has 0 saturated carbocycles.